The Kier molecular flexibility index (Phi) is 7.87. The molecule has 0 aliphatic rings. The van der Waals surface area contributed by atoms with E-state index in [1.807, 2.05) is 0 Å². The maximum atomic E-state index is 3.63. The van der Waals surface area contributed by atoms with Crippen molar-refractivity contribution in [1.82, 2.24) is 5.32 Å². The summed E-state index contributed by atoms with van der Waals surface area (Å²) in [5, 5.41) is 3.63. The molecule has 1 unspecified atom stereocenters. The first kappa shape index (κ1) is 20.4. The van der Waals surface area contributed by atoms with Gasteiger partial charge >= 0.3 is 0 Å². The molecule has 28 heavy (non-hydrogen) atoms. The Morgan fingerprint density at radius 1 is 0.643 bits per heavy atom. The Bertz CT molecular complexity index is 803. The molecule has 0 aromatic heterocycles. The fourth-order valence-electron chi connectivity index (χ4n) is 3.74. The zero-order valence-electron chi connectivity index (χ0n) is 17.3. The van der Waals surface area contributed by atoms with E-state index in [1.165, 1.54) is 47.1 Å². The lowest BCUT2D eigenvalue weighted by Crippen LogP contribution is -2.18. The fraction of sp³-hybridized carbons (Fsp3) is 0.333. The van der Waals surface area contributed by atoms with Gasteiger partial charge in [-0.1, -0.05) is 90.0 Å². The quantitative estimate of drug-likeness (QED) is 0.404. The van der Waals surface area contributed by atoms with Crippen molar-refractivity contribution in [2.24, 2.45) is 0 Å². The van der Waals surface area contributed by atoms with E-state index in [4.69, 9.17) is 0 Å². The Morgan fingerprint density at radius 2 is 1.21 bits per heavy atom. The maximum Gasteiger partial charge on any atom is 0.00898 e. The molecule has 1 heteroatoms. The Labute approximate surface area is 170 Å². The first-order valence-corrected chi connectivity index (χ1v) is 10.6. The minimum absolute atomic E-state index is 0.483. The van der Waals surface area contributed by atoms with Gasteiger partial charge in [0.15, 0.2) is 0 Å². The zero-order chi connectivity index (χ0) is 19.6. The molecule has 0 saturated carbocycles. The van der Waals surface area contributed by atoms with Crippen LogP contribution in [0.4, 0.5) is 0 Å². The lowest BCUT2D eigenvalue weighted by Gasteiger charge is -2.18. The van der Waals surface area contributed by atoms with Gasteiger partial charge in [0.05, 0.1) is 0 Å². The Morgan fingerprint density at radius 3 is 1.89 bits per heavy atom. The molecule has 0 amide bonds. The third kappa shape index (κ3) is 6.35. The van der Waals surface area contributed by atoms with Gasteiger partial charge in [-0.3, -0.25) is 0 Å². The van der Waals surface area contributed by atoms with Crippen LogP contribution in [0.25, 0.3) is 0 Å². The monoisotopic (exact) mass is 371 g/mol. The van der Waals surface area contributed by atoms with Gasteiger partial charge in [-0.25, -0.2) is 0 Å². The van der Waals surface area contributed by atoms with Crippen molar-refractivity contribution < 1.29 is 0 Å². The van der Waals surface area contributed by atoms with Gasteiger partial charge in [-0.2, -0.15) is 0 Å². The second kappa shape index (κ2) is 10.8. The largest absolute Gasteiger partial charge is 0.317 e. The molecule has 0 aliphatic carbocycles. The van der Waals surface area contributed by atoms with Crippen LogP contribution in [0.2, 0.25) is 0 Å². The highest BCUT2D eigenvalue weighted by molar-refractivity contribution is 5.33. The van der Waals surface area contributed by atoms with Crippen LogP contribution in [-0.4, -0.2) is 13.1 Å². The van der Waals surface area contributed by atoms with Crippen molar-refractivity contribution >= 4 is 0 Å². The predicted molar refractivity (Wildman–Crippen MR) is 121 cm³/mol. The van der Waals surface area contributed by atoms with Gasteiger partial charge in [0.1, 0.15) is 0 Å². The highest BCUT2D eigenvalue weighted by atomic mass is 14.8. The van der Waals surface area contributed by atoms with Crippen LogP contribution < -0.4 is 5.32 Å². The van der Waals surface area contributed by atoms with Crippen LogP contribution in [0.3, 0.4) is 0 Å². The molecule has 1 N–H and O–H groups in total. The van der Waals surface area contributed by atoms with Crippen LogP contribution in [0.5, 0.6) is 0 Å². The molecule has 0 spiro atoms. The third-order valence-electron chi connectivity index (χ3n) is 5.47. The molecule has 146 valence electrons. The standard InChI is InChI=1S/C27H33N/c1-22-12-16-24(17-13-22)8-6-20-28-21-7-11-27(25-9-4-3-5-10-25)26-18-14-23(2)15-19-26/h3-5,9-10,12-19,27-28H,6-8,11,20-21H2,1-2H3. The predicted octanol–water partition coefficient (Wildman–Crippen LogP) is 6.44. The van der Waals surface area contributed by atoms with Crippen LogP contribution in [0.15, 0.2) is 78.9 Å². The van der Waals surface area contributed by atoms with Crippen LogP contribution in [0.1, 0.15) is 53.0 Å². The Balaban J connectivity index is 1.44. The zero-order valence-corrected chi connectivity index (χ0v) is 17.3. The Hall–Kier alpha value is -2.38. The summed E-state index contributed by atoms with van der Waals surface area (Å²) in [4.78, 5) is 0. The van der Waals surface area contributed by atoms with Gasteiger partial charge in [-0.05, 0) is 69.3 Å². The minimum atomic E-state index is 0.483. The van der Waals surface area contributed by atoms with Gasteiger partial charge in [0.2, 0.25) is 0 Å². The van der Waals surface area contributed by atoms with Gasteiger partial charge in [-0.15, -0.1) is 0 Å². The molecule has 0 saturated heterocycles. The lowest BCUT2D eigenvalue weighted by atomic mass is 9.87. The van der Waals surface area contributed by atoms with Crippen molar-refractivity contribution in [3.8, 4) is 0 Å². The van der Waals surface area contributed by atoms with Crippen LogP contribution >= 0.6 is 0 Å². The SMILES string of the molecule is Cc1ccc(CCCNCCCC(c2ccccc2)c2ccc(C)cc2)cc1. The van der Waals surface area contributed by atoms with E-state index >= 15 is 0 Å². The fourth-order valence-corrected chi connectivity index (χ4v) is 3.74. The topological polar surface area (TPSA) is 12.0 Å². The van der Waals surface area contributed by atoms with E-state index in [2.05, 4.69) is 98.0 Å². The van der Waals surface area contributed by atoms with Gasteiger partial charge < -0.3 is 5.32 Å². The van der Waals surface area contributed by atoms with E-state index in [-0.39, 0.29) is 0 Å². The van der Waals surface area contributed by atoms with Gasteiger partial charge in [0, 0.05) is 5.92 Å². The number of nitrogens with one attached hydrogen (secondary N) is 1. The average molecular weight is 372 g/mol. The molecule has 1 nitrogen and oxygen atoms in total. The summed E-state index contributed by atoms with van der Waals surface area (Å²) >= 11 is 0. The molecule has 0 bridgehead atoms. The smallest absolute Gasteiger partial charge is 0.00898 e. The summed E-state index contributed by atoms with van der Waals surface area (Å²) in [5.41, 5.74) is 6.95. The number of hydrogen-bond donors (Lipinski definition) is 1. The van der Waals surface area contributed by atoms with E-state index in [0.717, 1.165) is 19.5 Å². The van der Waals surface area contributed by atoms with Crippen molar-refractivity contribution in [2.45, 2.75) is 45.4 Å². The van der Waals surface area contributed by atoms with E-state index in [0.29, 0.717) is 5.92 Å². The summed E-state index contributed by atoms with van der Waals surface area (Å²) in [6.45, 7) is 6.48. The molecule has 1 atom stereocenters. The first-order valence-electron chi connectivity index (χ1n) is 10.6. The average Bonchev–Trinajstić information content (AvgIpc) is 2.73. The van der Waals surface area contributed by atoms with Crippen molar-refractivity contribution in [1.29, 1.82) is 0 Å². The van der Waals surface area contributed by atoms with Crippen molar-refractivity contribution in [2.75, 3.05) is 13.1 Å². The molecular formula is C27H33N. The van der Waals surface area contributed by atoms with Crippen LogP contribution in [0, 0.1) is 13.8 Å². The van der Waals surface area contributed by atoms with E-state index in [9.17, 15) is 0 Å². The molecule has 3 aromatic rings. The van der Waals surface area contributed by atoms with Gasteiger partial charge in [0.25, 0.3) is 0 Å². The second-order valence-electron chi connectivity index (χ2n) is 7.86. The van der Waals surface area contributed by atoms with E-state index in [1.54, 1.807) is 0 Å². The molecular weight excluding hydrogens is 338 g/mol. The van der Waals surface area contributed by atoms with E-state index < -0.39 is 0 Å². The molecule has 0 aliphatic heterocycles. The first-order chi connectivity index (χ1) is 13.7. The molecule has 0 heterocycles. The summed E-state index contributed by atoms with van der Waals surface area (Å²) in [5.74, 6) is 0.483. The molecule has 3 rings (SSSR count). The highest BCUT2D eigenvalue weighted by Gasteiger charge is 2.13. The number of hydrogen-bond acceptors (Lipinski definition) is 1. The third-order valence-corrected chi connectivity index (χ3v) is 5.47. The number of aryl methyl sites for hydroxylation is 3. The summed E-state index contributed by atoms with van der Waals surface area (Å²) in [6.07, 6.45) is 4.72. The minimum Gasteiger partial charge on any atom is -0.317 e. The maximum absolute atomic E-state index is 3.63. The molecule has 3 aromatic carbocycles. The van der Waals surface area contributed by atoms with Crippen molar-refractivity contribution in [3.05, 3.63) is 107 Å². The summed E-state index contributed by atoms with van der Waals surface area (Å²) in [6, 6.07) is 28.9. The summed E-state index contributed by atoms with van der Waals surface area (Å²) < 4.78 is 0. The lowest BCUT2D eigenvalue weighted by molar-refractivity contribution is 0.581. The van der Waals surface area contributed by atoms with Crippen molar-refractivity contribution in [3.63, 3.8) is 0 Å². The van der Waals surface area contributed by atoms with Crippen LogP contribution in [-0.2, 0) is 6.42 Å². The highest BCUT2D eigenvalue weighted by Crippen LogP contribution is 2.29. The summed E-state index contributed by atoms with van der Waals surface area (Å²) in [7, 11) is 0. The number of benzene rings is 3. The molecule has 0 radical (unpaired) electrons. The number of rotatable bonds is 10. The second-order valence-corrected chi connectivity index (χ2v) is 7.86. The normalized spacial score (nSPS) is 12.1. The molecule has 0 fully saturated rings.